The first-order valence-electron chi connectivity index (χ1n) is 7.20. The second-order valence-corrected chi connectivity index (χ2v) is 6.07. The molecule has 3 rings (SSSR count). The molecule has 1 heterocycles. The maximum atomic E-state index is 12.2. The lowest BCUT2D eigenvalue weighted by Gasteiger charge is -2.39. The number of nitrogens with two attached hydrogens (primary N) is 1. The third-order valence-electron chi connectivity index (χ3n) is 4.33. The summed E-state index contributed by atoms with van der Waals surface area (Å²) >= 11 is 0. The molecule has 0 bridgehead atoms. The molecule has 0 aliphatic heterocycles. The molecule has 4 N–H and O–H groups in total. The predicted molar refractivity (Wildman–Crippen MR) is 80.4 cm³/mol. The molecule has 4 heteroatoms. The summed E-state index contributed by atoms with van der Waals surface area (Å²) in [7, 11) is 0. The average molecular weight is 271 g/mol. The molecule has 1 aromatic heterocycles. The second kappa shape index (κ2) is 4.94. The normalized spacial score (nSPS) is 18.5. The summed E-state index contributed by atoms with van der Waals surface area (Å²) in [5, 5.41) is 4.22. The number of benzene rings is 1. The van der Waals surface area contributed by atoms with E-state index in [2.05, 4.69) is 23.3 Å². The van der Waals surface area contributed by atoms with Gasteiger partial charge in [-0.3, -0.25) is 4.79 Å². The van der Waals surface area contributed by atoms with Crippen LogP contribution in [-0.2, 0) is 11.2 Å². The molecule has 1 aromatic carbocycles. The van der Waals surface area contributed by atoms with Gasteiger partial charge in [0, 0.05) is 22.6 Å². The van der Waals surface area contributed by atoms with Gasteiger partial charge in [0.1, 0.15) is 0 Å². The summed E-state index contributed by atoms with van der Waals surface area (Å²) in [6, 6.07) is 7.58. The van der Waals surface area contributed by atoms with Crippen LogP contribution in [0.1, 0.15) is 31.7 Å². The van der Waals surface area contributed by atoms with E-state index in [1.165, 1.54) is 6.42 Å². The summed E-state index contributed by atoms with van der Waals surface area (Å²) in [5.41, 5.74) is 8.21. The maximum Gasteiger partial charge on any atom is 0.237 e. The van der Waals surface area contributed by atoms with Crippen molar-refractivity contribution in [2.45, 2.75) is 44.2 Å². The SMILES string of the molecule is CC1(NC(=O)C(N)Cc2c[nH]c3ccccc23)CCC1. The number of aromatic nitrogens is 1. The minimum atomic E-state index is -0.494. The molecule has 0 saturated heterocycles. The number of hydrogen-bond acceptors (Lipinski definition) is 2. The van der Waals surface area contributed by atoms with Crippen LogP contribution in [0.15, 0.2) is 30.5 Å². The standard InChI is InChI=1S/C16H21N3O/c1-16(7-4-8-16)19-15(20)13(17)9-11-10-18-14-6-3-2-5-12(11)14/h2-3,5-6,10,13,18H,4,7-9,17H2,1H3,(H,19,20). The topological polar surface area (TPSA) is 70.9 Å². The zero-order valence-corrected chi connectivity index (χ0v) is 11.8. The van der Waals surface area contributed by atoms with Crippen LogP contribution in [0.3, 0.4) is 0 Å². The van der Waals surface area contributed by atoms with E-state index in [4.69, 9.17) is 5.73 Å². The van der Waals surface area contributed by atoms with E-state index in [1.54, 1.807) is 0 Å². The molecule has 1 unspecified atom stereocenters. The average Bonchev–Trinajstić information content (AvgIpc) is 2.80. The fourth-order valence-corrected chi connectivity index (χ4v) is 2.85. The van der Waals surface area contributed by atoms with Crippen LogP contribution >= 0.6 is 0 Å². The van der Waals surface area contributed by atoms with Gasteiger partial charge >= 0.3 is 0 Å². The maximum absolute atomic E-state index is 12.2. The van der Waals surface area contributed by atoms with Crippen LogP contribution in [0.5, 0.6) is 0 Å². The number of nitrogens with one attached hydrogen (secondary N) is 2. The Hall–Kier alpha value is -1.81. The first-order chi connectivity index (χ1) is 9.57. The minimum Gasteiger partial charge on any atom is -0.361 e. The zero-order valence-electron chi connectivity index (χ0n) is 11.8. The zero-order chi connectivity index (χ0) is 14.2. The molecular formula is C16H21N3O. The molecule has 1 amide bonds. The summed E-state index contributed by atoms with van der Waals surface area (Å²) in [4.78, 5) is 15.4. The number of para-hydroxylation sites is 1. The quantitative estimate of drug-likeness (QED) is 0.797. The Labute approximate surface area is 118 Å². The number of aromatic amines is 1. The highest BCUT2D eigenvalue weighted by atomic mass is 16.2. The Balaban J connectivity index is 1.69. The number of rotatable bonds is 4. The van der Waals surface area contributed by atoms with Gasteiger partial charge in [0.2, 0.25) is 5.91 Å². The predicted octanol–water partition coefficient (Wildman–Crippen LogP) is 2.10. The van der Waals surface area contributed by atoms with Gasteiger partial charge < -0.3 is 16.0 Å². The van der Waals surface area contributed by atoms with Crippen LogP contribution in [-0.4, -0.2) is 22.5 Å². The van der Waals surface area contributed by atoms with Gasteiger partial charge in [0.05, 0.1) is 6.04 Å². The largest absolute Gasteiger partial charge is 0.361 e. The smallest absolute Gasteiger partial charge is 0.237 e. The van der Waals surface area contributed by atoms with Crippen LogP contribution in [0.4, 0.5) is 0 Å². The van der Waals surface area contributed by atoms with E-state index in [9.17, 15) is 4.79 Å². The molecular weight excluding hydrogens is 250 g/mol. The number of hydrogen-bond donors (Lipinski definition) is 3. The van der Waals surface area contributed by atoms with Crippen molar-refractivity contribution in [3.63, 3.8) is 0 Å². The lowest BCUT2D eigenvalue weighted by molar-refractivity contribution is -0.125. The molecule has 4 nitrogen and oxygen atoms in total. The van der Waals surface area contributed by atoms with E-state index in [-0.39, 0.29) is 11.4 Å². The fourth-order valence-electron chi connectivity index (χ4n) is 2.85. The van der Waals surface area contributed by atoms with Crippen molar-refractivity contribution in [2.24, 2.45) is 5.73 Å². The van der Waals surface area contributed by atoms with E-state index >= 15 is 0 Å². The van der Waals surface area contributed by atoms with Gasteiger partial charge in [-0.25, -0.2) is 0 Å². The van der Waals surface area contributed by atoms with Crippen LogP contribution in [0.2, 0.25) is 0 Å². The van der Waals surface area contributed by atoms with Crippen molar-refractivity contribution in [3.05, 3.63) is 36.0 Å². The highest BCUT2D eigenvalue weighted by Crippen LogP contribution is 2.31. The molecule has 1 aliphatic rings. The van der Waals surface area contributed by atoms with Crippen molar-refractivity contribution < 1.29 is 4.79 Å². The van der Waals surface area contributed by atoms with E-state index < -0.39 is 6.04 Å². The highest BCUT2D eigenvalue weighted by molar-refractivity contribution is 5.86. The number of amides is 1. The number of carbonyl (C=O) groups excluding carboxylic acids is 1. The lowest BCUT2D eigenvalue weighted by Crippen LogP contribution is -2.55. The van der Waals surface area contributed by atoms with Gasteiger partial charge in [0.15, 0.2) is 0 Å². The van der Waals surface area contributed by atoms with Gasteiger partial charge in [-0.05, 0) is 44.2 Å². The van der Waals surface area contributed by atoms with Gasteiger partial charge in [-0.1, -0.05) is 18.2 Å². The molecule has 1 aliphatic carbocycles. The Morgan fingerprint density at radius 3 is 2.90 bits per heavy atom. The molecule has 0 spiro atoms. The molecule has 1 atom stereocenters. The summed E-state index contributed by atoms with van der Waals surface area (Å²) in [6.07, 6.45) is 5.81. The number of carbonyl (C=O) groups is 1. The van der Waals surface area contributed by atoms with Crippen LogP contribution < -0.4 is 11.1 Å². The van der Waals surface area contributed by atoms with Crippen molar-refractivity contribution in [3.8, 4) is 0 Å². The van der Waals surface area contributed by atoms with E-state index in [0.717, 1.165) is 29.3 Å². The Kier molecular flexibility index (Phi) is 3.26. The van der Waals surface area contributed by atoms with Gasteiger partial charge in [-0.2, -0.15) is 0 Å². The third kappa shape index (κ3) is 2.43. The fraction of sp³-hybridized carbons (Fsp3) is 0.438. The van der Waals surface area contributed by atoms with Crippen molar-refractivity contribution in [1.29, 1.82) is 0 Å². The molecule has 106 valence electrons. The lowest BCUT2D eigenvalue weighted by atomic mass is 9.78. The monoisotopic (exact) mass is 271 g/mol. The molecule has 1 saturated carbocycles. The first-order valence-corrected chi connectivity index (χ1v) is 7.20. The second-order valence-electron chi connectivity index (χ2n) is 6.07. The summed E-state index contributed by atoms with van der Waals surface area (Å²) in [6.45, 7) is 2.09. The van der Waals surface area contributed by atoms with Crippen molar-refractivity contribution in [2.75, 3.05) is 0 Å². The Morgan fingerprint density at radius 1 is 1.45 bits per heavy atom. The molecule has 1 fully saturated rings. The van der Waals surface area contributed by atoms with E-state index in [1.807, 2.05) is 24.4 Å². The van der Waals surface area contributed by atoms with Crippen LogP contribution in [0, 0.1) is 0 Å². The molecule has 20 heavy (non-hydrogen) atoms. The third-order valence-corrected chi connectivity index (χ3v) is 4.33. The number of fused-ring (bicyclic) bond motifs is 1. The summed E-state index contributed by atoms with van der Waals surface area (Å²) in [5.74, 6) is -0.0440. The van der Waals surface area contributed by atoms with Gasteiger partial charge in [-0.15, -0.1) is 0 Å². The van der Waals surface area contributed by atoms with Gasteiger partial charge in [0.25, 0.3) is 0 Å². The first kappa shape index (κ1) is 13.2. The minimum absolute atomic E-state index is 0.0328. The Bertz CT molecular complexity index is 627. The summed E-state index contributed by atoms with van der Waals surface area (Å²) < 4.78 is 0. The Morgan fingerprint density at radius 2 is 2.20 bits per heavy atom. The molecule has 2 aromatic rings. The van der Waals surface area contributed by atoms with Crippen molar-refractivity contribution in [1.82, 2.24) is 10.3 Å². The van der Waals surface area contributed by atoms with E-state index in [0.29, 0.717) is 6.42 Å². The van der Waals surface area contributed by atoms with Crippen molar-refractivity contribution >= 4 is 16.8 Å². The van der Waals surface area contributed by atoms with Crippen LogP contribution in [0.25, 0.3) is 10.9 Å². The molecule has 0 radical (unpaired) electrons. The highest BCUT2D eigenvalue weighted by Gasteiger charge is 2.34. The number of H-pyrrole nitrogens is 1.